The number of carbonyl (C=O) groups excluding carboxylic acids is 1. The average Bonchev–Trinajstić information content (AvgIpc) is 2.16. The van der Waals surface area contributed by atoms with Gasteiger partial charge in [-0.2, -0.15) is 12.7 Å². The predicted octanol–water partition coefficient (Wildman–Crippen LogP) is -1.03. The summed E-state index contributed by atoms with van der Waals surface area (Å²) in [5.41, 5.74) is 4.81. The van der Waals surface area contributed by atoms with Crippen molar-refractivity contribution in [3.8, 4) is 0 Å². The molecule has 8 heteroatoms. The summed E-state index contributed by atoms with van der Waals surface area (Å²) in [6.07, 6.45) is 1.85. The van der Waals surface area contributed by atoms with Crippen LogP contribution >= 0.6 is 0 Å². The molecular formula is C8H17N3O4S. The van der Waals surface area contributed by atoms with E-state index in [-0.39, 0.29) is 0 Å². The molecular weight excluding hydrogens is 234 g/mol. The Hall–Kier alpha value is -0.700. The molecule has 0 aliphatic carbocycles. The Kier molecular flexibility index (Phi) is 4.66. The molecule has 1 aliphatic rings. The normalized spacial score (nSPS) is 23.2. The van der Waals surface area contributed by atoms with E-state index in [4.69, 9.17) is 5.73 Å². The molecule has 0 radical (unpaired) electrons. The summed E-state index contributed by atoms with van der Waals surface area (Å²) < 4.78 is 24.6. The highest BCUT2D eigenvalue weighted by molar-refractivity contribution is 7.87. The van der Waals surface area contributed by atoms with E-state index in [0.717, 1.165) is 12.8 Å². The molecule has 1 amide bonds. The third-order valence-electron chi connectivity index (χ3n) is 2.34. The van der Waals surface area contributed by atoms with Gasteiger partial charge in [0, 0.05) is 13.1 Å². The van der Waals surface area contributed by atoms with Crippen LogP contribution in [0.15, 0.2) is 0 Å². The Morgan fingerprint density at radius 2 is 2.31 bits per heavy atom. The first-order valence-electron chi connectivity index (χ1n) is 5.09. The van der Waals surface area contributed by atoms with Crippen molar-refractivity contribution in [3.05, 3.63) is 0 Å². The second-order valence-electron chi connectivity index (χ2n) is 3.95. The van der Waals surface area contributed by atoms with E-state index < -0.39 is 22.7 Å². The maximum Gasteiger partial charge on any atom is 0.301 e. The molecule has 1 unspecified atom stereocenters. The first-order valence-corrected chi connectivity index (χ1v) is 6.53. The first-order chi connectivity index (χ1) is 7.42. The van der Waals surface area contributed by atoms with Crippen molar-refractivity contribution in [1.29, 1.82) is 0 Å². The summed E-state index contributed by atoms with van der Waals surface area (Å²) in [6.45, 7) is 2.46. The lowest BCUT2D eigenvalue weighted by Crippen LogP contribution is -2.46. The molecule has 0 saturated carbocycles. The summed E-state index contributed by atoms with van der Waals surface area (Å²) in [7, 11) is -3.66. The average molecular weight is 251 g/mol. The van der Waals surface area contributed by atoms with Crippen LogP contribution in [-0.2, 0) is 19.8 Å². The lowest BCUT2D eigenvalue weighted by molar-refractivity contribution is -0.123. The molecule has 0 spiro atoms. The van der Waals surface area contributed by atoms with E-state index in [2.05, 4.69) is 4.84 Å². The predicted molar refractivity (Wildman–Crippen MR) is 57.2 cm³/mol. The van der Waals surface area contributed by atoms with Crippen molar-refractivity contribution >= 4 is 16.1 Å². The molecule has 94 valence electrons. The van der Waals surface area contributed by atoms with Gasteiger partial charge >= 0.3 is 10.2 Å². The van der Waals surface area contributed by atoms with Crippen molar-refractivity contribution in [1.82, 2.24) is 9.19 Å². The van der Waals surface area contributed by atoms with Crippen molar-refractivity contribution in [2.24, 2.45) is 11.7 Å². The van der Waals surface area contributed by atoms with Gasteiger partial charge < -0.3 is 5.73 Å². The fraction of sp³-hybridized carbons (Fsp3) is 0.875. The number of nitrogens with two attached hydrogens (primary N) is 1. The summed E-state index contributed by atoms with van der Waals surface area (Å²) in [6, 6.07) is 0. The fourth-order valence-corrected chi connectivity index (χ4v) is 2.73. The number of hydrogen-bond acceptors (Lipinski definition) is 4. The molecule has 0 aromatic heterocycles. The number of amides is 1. The summed E-state index contributed by atoms with van der Waals surface area (Å²) >= 11 is 0. The quantitative estimate of drug-likeness (QED) is 0.610. The number of nitrogens with one attached hydrogen (secondary N) is 1. The standard InChI is InChI=1S/C8H17N3O4S/c1-7-3-2-4-11(5-7)16(13,14)10-15-6-8(9)12/h7,10H,2-6H2,1H3,(H2,9,12). The van der Waals surface area contributed by atoms with Gasteiger partial charge in [0.15, 0.2) is 0 Å². The van der Waals surface area contributed by atoms with Gasteiger partial charge in [-0.1, -0.05) is 11.8 Å². The molecule has 16 heavy (non-hydrogen) atoms. The van der Waals surface area contributed by atoms with Crippen molar-refractivity contribution < 1.29 is 18.0 Å². The van der Waals surface area contributed by atoms with Crippen LogP contribution in [0.5, 0.6) is 0 Å². The zero-order valence-electron chi connectivity index (χ0n) is 9.18. The molecule has 1 aliphatic heterocycles. The topological polar surface area (TPSA) is 102 Å². The second-order valence-corrected chi connectivity index (χ2v) is 5.58. The van der Waals surface area contributed by atoms with E-state index in [1.54, 1.807) is 0 Å². The highest BCUT2D eigenvalue weighted by atomic mass is 32.2. The molecule has 3 N–H and O–H groups in total. The molecule has 1 fully saturated rings. The SMILES string of the molecule is CC1CCCN(S(=O)(=O)NOCC(N)=O)C1. The monoisotopic (exact) mass is 251 g/mol. The van der Waals surface area contributed by atoms with Gasteiger partial charge in [0.05, 0.1) is 0 Å². The number of carbonyl (C=O) groups is 1. The summed E-state index contributed by atoms with van der Waals surface area (Å²) in [5.74, 6) is -0.392. The largest absolute Gasteiger partial charge is 0.368 e. The van der Waals surface area contributed by atoms with Gasteiger partial charge in [0.2, 0.25) is 5.91 Å². The fourth-order valence-electron chi connectivity index (χ4n) is 1.59. The highest BCUT2D eigenvalue weighted by Crippen LogP contribution is 2.17. The highest BCUT2D eigenvalue weighted by Gasteiger charge is 2.27. The molecule has 1 heterocycles. The van der Waals surface area contributed by atoms with E-state index >= 15 is 0 Å². The van der Waals surface area contributed by atoms with Crippen LogP contribution in [0, 0.1) is 5.92 Å². The van der Waals surface area contributed by atoms with Crippen LogP contribution in [0.25, 0.3) is 0 Å². The van der Waals surface area contributed by atoms with E-state index in [0.29, 0.717) is 19.0 Å². The van der Waals surface area contributed by atoms with Crippen molar-refractivity contribution in [3.63, 3.8) is 0 Å². The van der Waals surface area contributed by atoms with Crippen molar-refractivity contribution in [2.45, 2.75) is 19.8 Å². The smallest absolute Gasteiger partial charge is 0.301 e. The summed E-state index contributed by atoms with van der Waals surface area (Å²) in [5, 5.41) is 0. The zero-order chi connectivity index (χ0) is 12.2. The van der Waals surface area contributed by atoms with Crippen molar-refractivity contribution in [2.75, 3.05) is 19.7 Å². The van der Waals surface area contributed by atoms with Gasteiger partial charge in [-0.3, -0.25) is 9.63 Å². The third kappa shape index (κ3) is 4.05. The van der Waals surface area contributed by atoms with E-state index in [1.807, 2.05) is 11.8 Å². The lowest BCUT2D eigenvalue weighted by atomic mass is 10.0. The zero-order valence-corrected chi connectivity index (χ0v) is 10.00. The minimum Gasteiger partial charge on any atom is -0.368 e. The molecule has 0 bridgehead atoms. The Morgan fingerprint density at radius 1 is 1.62 bits per heavy atom. The van der Waals surface area contributed by atoms with Crippen LogP contribution in [0.4, 0.5) is 0 Å². The van der Waals surface area contributed by atoms with Crippen LogP contribution < -0.4 is 10.6 Å². The van der Waals surface area contributed by atoms with Crippen LogP contribution in [0.3, 0.4) is 0 Å². The Labute approximate surface area is 95.1 Å². The number of rotatable bonds is 5. The Balaban J connectivity index is 2.46. The van der Waals surface area contributed by atoms with Crippen LogP contribution in [0.2, 0.25) is 0 Å². The maximum atomic E-state index is 11.7. The Morgan fingerprint density at radius 3 is 2.88 bits per heavy atom. The second kappa shape index (κ2) is 5.58. The lowest BCUT2D eigenvalue weighted by Gasteiger charge is -2.29. The molecule has 0 aromatic rings. The third-order valence-corrected chi connectivity index (χ3v) is 3.68. The summed E-state index contributed by atoms with van der Waals surface area (Å²) in [4.78, 5) is 16.7. The van der Waals surface area contributed by atoms with Gasteiger partial charge in [0.25, 0.3) is 0 Å². The van der Waals surface area contributed by atoms with Crippen LogP contribution in [0.1, 0.15) is 19.8 Å². The van der Waals surface area contributed by atoms with Gasteiger partial charge in [-0.05, 0) is 18.8 Å². The van der Waals surface area contributed by atoms with E-state index in [1.165, 1.54) is 4.31 Å². The minimum atomic E-state index is -3.66. The molecule has 7 nitrogen and oxygen atoms in total. The molecule has 1 saturated heterocycles. The number of nitrogens with zero attached hydrogens (tertiary/aromatic N) is 1. The maximum absolute atomic E-state index is 11.7. The molecule has 0 aromatic carbocycles. The minimum absolute atomic E-state index is 0.335. The molecule has 1 rings (SSSR count). The number of hydrogen-bond donors (Lipinski definition) is 2. The van der Waals surface area contributed by atoms with E-state index in [9.17, 15) is 13.2 Å². The van der Waals surface area contributed by atoms with Gasteiger partial charge in [-0.15, -0.1) is 0 Å². The molecule has 1 atom stereocenters. The van der Waals surface area contributed by atoms with Crippen LogP contribution in [-0.4, -0.2) is 38.3 Å². The Bertz CT molecular complexity index is 343. The number of piperidine rings is 1. The van der Waals surface area contributed by atoms with Gasteiger partial charge in [-0.25, -0.2) is 0 Å². The van der Waals surface area contributed by atoms with Gasteiger partial charge in [0.1, 0.15) is 6.61 Å². The number of primary amides is 1. The first kappa shape index (κ1) is 13.4.